The summed E-state index contributed by atoms with van der Waals surface area (Å²) in [6.07, 6.45) is 8.82. The third-order valence-corrected chi connectivity index (χ3v) is 4.84. The molecule has 0 aromatic carbocycles. The van der Waals surface area contributed by atoms with Gasteiger partial charge in [-0.15, -0.1) is 0 Å². The van der Waals surface area contributed by atoms with Crippen molar-refractivity contribution in [1.29, 1.82) is 0 Å². The maximum Gasteiger partial charge on any atom is 0.273 e. The van der Waals surface area contributed by atoms with E-state index in [1.54, 1.807) is 19.4 Å². The van der Waals surface area contributed by atoms with Crippen LogP contribution >= 0.6 is 0 Å². The highest BCUT2D eigenvalue weighted by Crippen LogP contribution is 2.40. The number of ether oxygens (including phenoxy) is 2. The van der Waals surface area contributed by atoms with Gasteiger partial charge in [-0.1, -0.05) is 5.16 Å². The number of rotatable bonds is 6. The van der Waals surface area contributed by atoms with E-state index in [-0.39, 0.29) is 18.1 Å². The Hall–Kier alpha value is -2.64. The molecule has 4 rings (SSSR count). The summed E-state index contributed by atoms with van der Waals surface area (Å²) in [6, 6.07) is 1.89. The first-order valence-electron chi connectivity index (χ1n) is 9.01. The molecule has 2 fully saturated rings. The summed E-state index contributed by atoms with van der Waals surface area (Å²) in [5.74, 6) is 2.01. The molecule has 0 saturated heterocycles. The number of carbonyl (C=O) groups is 1. The van der Waals surface area contributed by atoms with Crippen molar-refractivity contribution in [2.24, 2.45) is 0 Å². The Bertz CT molecular complexity index is 766. The quantitative estimate of drug-likeness (QED) is 0.847. The van der Waals surface area contributed by atoms with E-state index in [0.717, 1.165) is 44.3 Å². The lowest BCUT2D eigenvalue weighted by Gasteiger charge is -2.28. The molecule has 0 spiro atoms. The van der Waals surface area contributed by atoms with E-state index < -0.39 is 0 Å². The molecule has 8 heteroatoms. The first-order valence-corrected chi connectivity index (χ1v) is 9.01. The molecule has 2 aromatic heterocycles. The number of nitrogens with one attached hydrogen (secondary N) is 1. The second-order valence-electron chi connectivity index (χ2n) is 6.85. The molecule has 0 atom stereocenters. The normalized spacial score (nSPS) is 22.7. The molecular formula is C18H22N4O4. The van der Waals surface area contributed by atoms with Crippen LogP contribution in [-0.2, 0) is 0 Å². The minimum atomic E-state index is -0.163. The first kappa shape index (κ1) is 16.8. The fraction of sp³-hybridized carbons (Fsp3) is 0.556. The second-order valence-corrected chi connectivity index (χ2v) is 6.85. The molecule has 2 heterocycles. The van der Waals surface area contributed by atoms with Gasteiger partial charge in [0.05, 0.1) is 19.5 Å². The Kier molecular flexibility index (Phi) is 4.73. The summed E-state index contributed by atoms with van der Waals surface area (Å²) < 4.78 is 16.2. The molecule has 2 aromatic rings. The van der Waals surface area contributed by atoms with Crippen LogP contribution in [0.1, 0.15) is 60.7 Å². The van der Waals surface area contributed by atoms with Crippen molar-refractivity contribution in [1.82, 2.24) is 20.4 Å². The number of amides is 1. The van der Waals surface area contributed by atoms with Crippen molar-refractivity contribution < 1.29 is 18.8 Å². The van der Waals surface area contributed by atoms with E-state index >= 15 is 0 Å². The van der Waals surface area contributed by atoms with Crippen molar-refractivity contribution in [3.63, 3.8) is 0 Å². The highest BCUT2D eigenvalue weighted by Gasteiger charge is 2.30. The lowest BCUT2D eigenvalue weighted by Crippen LogP contribution is -2.39. The first-order chi connectivity index (χ1) is 12.7. The fourth-order valence-electron chi connectivity index (χ4n) is 3.20. The molecule has 2 saturated carbocycles. The molecular weight excluding hydrogens is 336 g/mol. The van der Waals surface area contributed by atoms with Crippen molar-refractivity contribution in [3.05, 3.63) is 29.9 Å². The van der Waals surface area contributed by atoms with Crippen molar-refractivity contribution in [2.45, 2.75) is 56.6 Å². The molecule has 0 bridgehead atoms. The van der Waals surface area contributed by atoms with Gasteiger partial charge in [0, 0.05) is 18.0 Å². The maximum atomic E-state index is 12.3. The smallest absolute Gasteiger partial charge is 0.273 e. The summed E-state index contributed by atoms with van der Waals surface area (Å²) in [5.41, 5.74) is 0.372. The van der Waals surface area contributed by atoms with Gasteiger partial charge >= 0.3 is 0 Å². The number of hydrogen-bond acceptors (Lipinski definition) is 7. The molecule has 0 radical (unpaired) electrons. The van der Waals surface area contributed by atoms with Crippen LogP contribution in [0, 0.1) is 0 Å². The Morgan fingerprint density at radius 1 is 1.15 bits per heavy atom. The van der Waals surface area contributed by atoms with Crippen LogP contribution < -0.4 is 14.8 Å². The number of nitrogens with zero attached hydrogens (tertiary/aromatic N) is 3. The minimum absolute atomic E-state index is 0.0677. The largest absolute Gasteiger partial charge is 0.480 e. The van der Waals surface area contributed by atoms with Crippen LogP contribution in [0.15, 0.2) is 23.0 Å². The summed E-state index contributed by atoms with van der Waals surface area (Å²) in [7, 11) is 1.55. The van der Waals surface area contributed by atoms with Gasteiger partial charge in [0.1, 0.15) is 11.9 Å². The van der Waals surface area contributed by atoms with Gasteiger partial charge in [0.25, 0.3) is 5.91 Å². The fourth-order valence-corrected chi connectivity index (χ4v) is 3.20. The molecule has 2 aliphatic rings. The van der Waals surface area contributed by atoms with Crippen molar-refractivity contribution >= 4 is 5.91 Å². The maximum absolute atomic E-state index is 12.3. The standard InChI is InChI=1S/C18H22N4O4/c1-24-16-9-19-10-17(21-16)25-13-6-4-12(5-7-13)20-18(23)14-8-15(26-22-14)11-2-3-11/h8-13H,2-7H2,1H3,(H,20,23). The summed E-state index contributed by atoms with van der Waals surface area (Å²) in [4.78, 5) is 20.6. The topological polar surface area (TPSA) is 99.4 Å². The van der Waals surface area contributed by atoms with Gasteiger partial charge in [0.2, 0.25) is 11.8 Å². The molecule has 2 aliphatic carbocycles. The minimum Gasteiger partial charge on any atom is -0.480 e. The van der Waals surface area contributed by atoms with Gasteiger partial charge in [-0.25, -0.2) is 0 Å². The van der Waals surface area contributed by atoms with Crippen molar-refractivity contribution in [2.75, 3.05) is 7.11 Å². The van der Waals surface area contributed by atoms with Crippen LogP contribution in [0.4, 0.5) is 0 Å². The molecule has 0 aliphatic heterocycles. The Balaban J connectivity index is 1.25. The number of carbonyl (C=O) groups excluding carboxylic acids is 1. The SMILES string of the molecule is COc1cncc(OC2CCC(NC(=O)c3cc(C4CC4)on3)CC2)n1. The average Bonchev–Trinajstić information content (AvgIpc) is 3.40. The zero-order chi connectivity index (χ0) is 17.9. The van der Waals surface area contributed by atoms with Gasteiger partial charge in [-0.2, -0.15) is 4.98 Å². The second kappa shape index (κ2) is 7.31. The third-order valence-electron chi connectivity index (χ3n) is 4.84. The Morgan fingerprint density at radius 3 is 2.65 bits per heavy atom. The molecule has 26 heavy (non-hydrogen) atoms. The average molecular weight is 358 g/mol. The van der Waals surface area contributed by atoms with Gasteiger partial charge in [-0.3, -0.25) is 9.78 Å². The van der Waals surface area contributed by atoms with Crippen LogP contribution in [0.3, 0.4) is 0 Å². The molecule has 1 amide bonds. The van der Waals surface area contributed by atoms with E-state index in [4.69, 9.17) is 14.0 Å². The van der Waals surface area contributed by atoms with Gasteiger partial charge < -0.3 is 19.3 Å². The summed E-state index contributed by atoms with van der Waals surface area (Å²) >= 11 is 0. The Labute approximate surface area is 151 Å². The Morgan fingerprint density at radius 2 is 1.92 bits per heavy atom. The molecule has 8 nitrogen and oxygen atoms in total. The van der Waals surface area contributed by atoms with E-state index in [1.165, 1.54) is 6.20 Å². The van der Waals surface area contributed by atoms with Crippen LogP contribution in [0.5, 0.6) is 11.8 Å². The van der Waals surface area contributed by atoms with E-state index in [2.05, 4.69) is 20.4 Å². The highest BCUT2D eigenvalue weighted by molar-refractivity contribution is 5.92. The lowest BCUT2D eigenvalue weighted by atomic mass is 9.93. The molecule has 0 unspecified atom stereocenters. The van der Waals surface area contributed by atoms with Crippen LogP contribution in [-0.4, -0.2) is 40.3 Å². The number of hydrogen-bond donors (Lipinski definition) is 1. The predicted molar refractivity (Wildman–Crippen MR) is 91.2 cm³/mol. The van der Waals surface area contributed by atoms with E-state index in [9.17, 15) is 4.79 Å². The van der Waals surface area contributed by atoms with Crippen LogP contribution in [0.25, 0.3) is 0 Å². The molecule has 138 valence electrons. The molecule has 1 N–H and O–H groups in total. The monoisotopic (exact) mass is 358 g/mol. The van der Waals surface area contributed by atoms with Gasteiger partial charge in [0.15, 0.2) is 5.69 Å². The predicted octanol–water partition coefficient (Wildman–Crippen LogP) is 2.47. The van der Waals surface area contributed by atoms with E-state index in [0.29, 0.717) is 23.4 Å². The van der Waals surface area contributed by atoms with Gasteiger partial charge in [-0.05, 0) is 38.5 Å². The zero-order valence-electron chi connectivity index (χ0n) is 14.7. The lowest BCUT2D eigenvalue weighted by molar-refractivity contribution is 0.0880. The zero-order valence-corrected chi connectivity index (χ0v) is 14.7. The number of aromatic nitrogens is 3. The van der Waals surface area contributed by atoms with Crippen LogP contribution in [0.2, 0.25) is 0 Å². The number of methoxy groups -OCH3 is 1. The van der Waals surface area contributed by atoms with Crippen molar-refractivity contribution in [3.8, 4) is 11.8 Å². The van der Waals surface area contributed by atoms with E-state index in [1.807, 2.05) is 0 Å². The summed E-state index contributed by atoms with van der Waals surface area (Å²) in [6.45, 7) is 0. The highest BCUT2D eigenvalue weighted by atomic mass is 16.5. The third kappa shape index (κ3) is 3.95. The summed E-state index contributed by atoms with van der Waals surface area (Å²) in [5, 5.41) is 6.94.